The molecule has 6 nitrogen and oxygen atoms in total. The van der Waals surface area contributed by atoms with Gasteiger partial charge in [0.2, 0.25) is 0 Å². The number of rotatable bonds is 11. The molecule has 0 radical (unpaired) electrons. The Kier molecular flexibility index (Phi) is 9.02. The fourth-order valence-corrected chi connectivity index (χ4v) is 4.07. The Hall–Kier alpha value is -3.41. The van der Waals surface area contributed by atoms with Crippen molar-refractivity contribution >= 4 is 11.9 Å². The van der Waals surface area contributed by atoms with E-state index in [1.54, 1.807) is 23.7 Å². The smallest absolute Gasteiger partial charge is 0.358 e. The molecule has 34 heavy (non-hydrogen) atoms. The van der Waals surface area contributed by atoms with Crippen molar-refractivity contribution in [2.24, 2.45) is 0 Å². The van der Waals surface area contributed by atoms with Crippen LogP contribution in [0.2, 0.25) is 0 Å². The molecule has 3 aromatic rings. The van der Waals surface area contributed by atoms with Crippen LogP contribution in [0, 0.1) is 0 Å². The lowest BCUT2D eigenvalue weighted by molar-refractivity contribution is 0.0518. The minimum atomic E-state index is -0.422. The van der Waals surface area contributed by atoms with Gasteiger partial charge < -0.3 is 10.1 Å². The number of carbonyl (C=O) groups is 2. The van der Waals surface area contributed by atoms with E-state index in [4.69, 9.17) is 4.74 Å². The highest BCUT2D eigenvalue weighted by Crippen LogP contribution is 2.27. The van der Waals surface area contributed by atoms with Gasteiger partial charge in [-0.2, -0.15) is 5.10 Å². The fraction of sp³-hybridized carbons (Fsp3) is 0.393. The maximum Gasteiger partial charge on any atom is 0.358 e. The van der Waals surface area contributed by atoms with Crippen LogP contribution in [0.4, 0.5) is 0 Å². The lowest BCUT2D eigenvalue weighted by atomic mass is 9.99. The lowest BCUT2D eigenvalue weighted by Crippen LogP contribution is -2.32. The summed E-state index contributed by atoms with van der Waals surface area (Å²) in [6.45, 7) is 8.37. The number of esters is 1. The molecule has 1 heterocycles. The zero-order valence-corrected chi connectivity index (χ0v) is 20.6. The second-order valence-electron chi connectivity index (χ2n) is 8.55. The fourth-order valence-electron chi connectivity index (χ4n) is 4.07. The van der Waals surface area contributed by atoms with Crippen LogP contribution >= 0.6 is 0 Å². The molecule has 1 unspecified atom stereocenters. The zero-order valence-electron chi connectivity index (χ0n) is 20.6. The van der Waals surface area contributed by atoms with Crippen LogP contribution in [0.25, 0.3) is 5.69 Å². The summed E-state index contributed by atoms with van der Waals surface area (Å²) in [6, 6.07) is 19.5. The van der Waals surface area contributed by atoms with Gasteiger partial charge in [0.1, 0.15) is 0 Å². The first-order valence-corrected chi connectivity index (χ1v) is 12.2. The van der Waals surface area contributed by atoms with Crippen molar-refractivity contribution < 1.29 is 14.3 Å². The number of hydrogen-bond donors (Lipinski definition) is 1. The van der Waals surface area contributed by atoms with E-state index < -0.39 is 5.97 Å². The van der Waals surface area contributed by atoms with Crippen molar-refractivity contribution in [2.45, 2.75) is 65.3 Å². The summed E-state index contributed by atoms with van der Waals surface area (Å²) >= 11 is 0. The first kappa shape index (κ1) is 25.2. The number of aryl methyl sites for hydroxylation is 1. The summed E-state index contributed by atoms with van der Waals surface area (Å²) in [5, 5.41) is 7.62. The Bertz CT molecular complexity index is 1070. The molecule has 0 saturated carbocycles. The van der Waals surface area contributed by atoms with Crippen LogP contribution in [0.3, 0.4) is 0 Å². The number of nitrogens with zero attached hydrogens (tertiary/aromatic N) is 2. The molecular formula is C28H35N3O3. The SMILES string of the molecule is CCOC(=O)c1cc(C(CC)CC)n(-c2ccc(C(=O)NC(C)CCc3ccccc3)cc2)n1. The van der Waals surface area contributed by atoms with E-state index in [9.17, 15) is 9.59 Å². The molecule has 1 aromatic heterocycles. The molecule has 3 rings (SSSR count). The minimum Gasteiger partial charge on any atom is -0.461 e. The summed E-state index contributed by atoms with van der Waals surface area (Å²) in [7, 11) is 0. The summed E-state index contributed by atoms with van der Waals surface area (Å²) < 4.78 is 6.95. The molecular weight excluding hydrogens is 426 g/mol. The quantitative estimate of drug-likeness (QED) is 0.372. The van der Waals surface area contributed by atoms with Gasteiger partial charge in [-0.05, 0) is 75.4 Å². The normalized spacial score (nSPS) is 11.9. The van der Waals surface area contributed by atoms with Gasteiger partial charge >= 0.3 is 5.97 Å². The number of ether oxygens (including phenoxy) is 1. The van der Waals surface area contributed by atoms with E-state index >= 15 is 0 Å². The van der Waals surface area contributed by atoms with Crippen molar-refractivity contribution in [1.82, 2.24) is 15.1 Å². The monoisotopic (exact) mass is 461 g/mol. The molecule has 180 valence electrons. The van der Waals surface area contributed by atoms with Crippen molar-refractivity contribution in [2.75, 3.05) is 6.61 Å². The van der Waals surface area contributed by atoms with Gasteiger partial charge in [-0.1, -0.05) is 44.2 Å². The van der Waals surface area contributed by atoms with Crippen molar-refractivity contribution in [1.29, 1.82) is 0 Å². The Balaban J connectivity index is 1.72. The van der Waals surface area contributed by atoms with E-state index in [-0.39, 0.29) is 17.9 Å². The Morgan fingerprint density at radius 1 is 1.00 bits per heavy atom. The molecule has 0 fully saturated rings. The molecule has 0 aliphatic carbocycles. The number of amides is 1. The predicted octanol–water partition coefficient (Wildman–Crippen LogP) is 5.70. The van der Waals surface area contributed by atoms with Crippen LogP contribution in [-0.4, -0.2) is 34.3 Å². The van der Waals surface area contributed by atoms with Crippen LogP contribution in [0.1, 0.15) is 85.0 Å². The van der Waals surface area contributed by atoms with E-state index in [2.05, 4.69) is 36.4 Å². The Morgan fingerprint density at radius 2 is 1.68 bits per heavy atom. The molecule has 1 atom stereocenters. The summed E-state index contributed by atoms with van der Waals surface area (Å²) in [5.74, 6) is -0.252. The van der Waals surface area contributed by atoms with Gasteiger partial charge in [0, 0.05) is 23.2 Å². The topological polar surface area (TPSA) is 73.2 Å². The van der Waals surface area contributed by atoms with Gasteiger partial charge in [-0.25, -0.2) is 9.48 Å². The first-order valence-electron chi connectivity index (χ1n) is 12.2. The van der Waals surface area contributed by atoms with Gasteiger partial charge in [-0.3, -0.25) is 4.79 Å². The van der Waals surface area contributed by atoms with E-state index in [1.165, 1.54) is 5.56 Å². The van der Waals surface area contributed by atoms with Gasteiger partial charge in [0.05, 0.1) is 12.3 Å². The van der Waals surface area contributed by atoms with Gasteiger partial charge in [0.25, 0.3) is 5.91 Å². The number of nitrogens with one attached hydrogen (secondary N) is 1. The second-order valence-corrected chi connectivity index (χ2v) is 8.55. The maximum atomic E-state index is 12.8. The average Bonchev–Trinajstić information content (AvgIpc) is 3.30. The molecule has 1 amide bonds. The highest BCUT2D eigenvalue weighted by Gasteiger charge is 2.21. The highest BCUT2D eigenvalue weighted by atomic mass is 16.5. The molecule has 0 bridgehead atoms. The molecule has 0 saturated heterocycles. The number of carbonyl (C=O) groups excluding carboxylic acids is 2. The van der Waals surface area contributed by atoms with Crippen LogP contribution in [0.5, 0.6) is 0 Å². The van der Waals surface area contributed by atoms with Crippen molar-refractivity contribution in [3.8, 4) is 5.69 Å². The molecule has 6 heteroatoms. The predicted molar refractivity (Wildman–Crippen MR) is 135 cm³/mol. The molecule has 0 aliphatic rings. The van der Waals surface area contributed by atoms with Gasteiger partial charge in [-0.15, -0.1) is 0 Å². The van der Waals surface area contributed by atoms with Crippen molar-refractivity contribution in [3.63, 3.8) is 0 Å². The Morgan fingerprint density at radius 3 is 2.29 bits per heavy atom. The number of benzene rings is 2. The minimum absolute atomic E-state index is 0.0621. The number of aromatic nitrogens is 2. The van der Waals surface area contributed by atoms with E-state index in [0.29, 0.717) is 17.9 Å². The van der Waals surface area contributed by atoms with Crippen LogP contribution in [0.15, 0.2) is 60.7 Å². The van der Waals surface area contributed by atoms with E-state index in [0.717, 1.165) is 37.1 Å². The average molecular weight is 462 g/mol. The number of hydrogen-bond acceptors (Lipinski definition) is 4. The summed E-state index contributed by atoms with van der Waals surface area (Å²) in [5.41, 5.74) is 3.95. The second kappa shape index (κ2) is 12.2. The van der Waals surface area contributed by atoms with Crippen molar-refractivity contribution in [3.05, 3.63) is 83.2 Å². The third-order valence-corrected chi connectivity index (χ3v) is 6.09. The third-order valence-electron chi connectivity index (χ3n) is 6.09. The largest absolute Gasteiger partial charge is 0.461 e. The van der Waals surface area contributed by atoms with Gasteiger partial charge in [0.15, 0.2) is 5.69 Å². The van der Waals surface area contributed by atoms with E-state index in [1.807, 2.05) is 43.3 Å². The lowest BCUT2D eigenvalue weighted by Gasteiger charge is -2.16. The standard InChI is InChI=1S/C28H35N3O3/c1-5-22(6-2)26-19-25(28(33)34-7-3)30-31(26)24-17-15-23(16-18-24)27(32)29-20(4)13-14-21-11-9-8-10-12-21/h8-12,15-20,22H,5-7,13-14H2,1-4H3,(H,29,32). The maximum absolute atomic E-state index is 12.8. The summed E-state index contributed by atoms with van der Waals surface area (Å²) in [6.07, 6.45) is 3.66. The molecule has 1 N–H and O–H groups in total. The summed E-state index contributed by atoms with van der Waals surface area (Å²) in [4.78, 5) is 25.0. The van der Waals surface area contributed by atoms with Crippen LogP contribution < -0.4 is 5.32 Å². The Labute approximate surface area is 202 Å². The van der Waals surface area contributed by atoms with Crippen LogP contribution in [-0.2, 0) is 11.2 Å². The zero-order chi connectivity index (χ0) is 24.5. The third kappa shape index (κ3) is 6.34. The first-order chi connectivity index (χ1) is 16.5. The molecule has 0 spiro atoms. The highest BCUT2D eigenvalue weighted by molar-refractivity contribution is 5.94. The molecule has 0 aliphatic heterocycles. The molecule has 2 aromatic carbocycles.